The second-order valence-corrected chi connectivity index (χ2v) is 9.35. The Morgan fingerprint density at radius 3 is 2.33 bits per heavy atom. The van der Waals surface area contributed by atoms with E-state index < -0.39 is 10.0 Å². The van der Waals surface area contributed by atoms with Gasteiger partial charge in [-0.25, -0.2) is 8.42 Å². The monoisotopic (exact) mass is 317 g/mol. The molecule has 1 saturated carbocycles. The first-order chi connectivity index (χ1) is 9.74. The first-order valence-corrected chi connectivity index (χ1v) is 9.93. The summed E-state index contributed by atoms with van der Waals surface area (Å²) in [5, 5.41) is 3.53. The fourth-order valence-corrected chi connectivity index (χ4v) is 5.01. The molecule has 2 unspecified atom stereocenters. The van der Waals surface area contributed by atoms with Crippen LogP contribution in [-0.2, 0) is 10.0 Å². The Kier molecular flexibility index (Phi) is 5.34. The largest absolute Gasteiger partial charge is 0.316 e. The number of piperazine rings is 1. The Hall–Kier alpha value is -0.170. The van der Waals surface area contributed by atoms with Crippen molar-refractivity contribution in [1.82, 2.24) is 14.5 Å². The Balaban J connectivity index is 1.91. The predicted octanol–water partition coefficient (Wildman–Crippen LogP) is 0.978. The fourth-order valence-electron chi connectivity index (χ4n) is 4.18. The minimum absolute atomic E-state index is 0.353. The van der Waals surface area contributed by atoms with E-state index in [0.29, 0.717) is 30.5 Å². The number of sulfonamides is 1. The molecule has 0 bridgehead atoms. The van der Waals surface area contributed by atoms with Crippen molar-refractivity contribution in [3.63, 3.8) is 0 Å². The summed E-state index contributed by atoms with van der Waals surface area (Å²) in [6.07, 6.45) is 5.18. The molecule has 5 nitrogen and oxygen atoms in total. The van der Waals surface area contributed by atoms with E-state index in [1.165, 1.54) is 25.5 Å². The smallest absolute Gasteiger partial charge is 0.211 e. The number of rotatable bonds is 4. The van der Waals surface area contributed by atoms with Crippen molar-refractivity contribution in [2.75, 3.05) is 46.0 Å². The number of nitrogens with zero attached hydrogens (tertiary/aromatic N) is 2. The van der Waals surface area contributed by atoms with Crippen molar-refractivity contribution in [3.05, 3.63) is 0 Å². The second kappa shape index (κ2) is 6.52. The van der Waals surface area contributed by atoms with Gasteiger partial charge in [0.15, 0.2) is 0 Å². The highest BCUT2D eigenvalue weighted by Gasteiger charge is 2.38. The van der Waals surface area contributed by atoms with Crippen LogP contribution < -0.4 is 5.32 Å². The molecule has 1 heterocycles. The van der Waals surface area contributed by atoms with E-state index in [0.717, 1.165) is 19.6 Å². The fraction of sp³-hybridized carbons (Fsp3) is 1.00. The summed E-state index contributed by atoms with van der Waals surface area (Å²) in [6.45, 7) is 8.82. The molecule has 2 rings (SSSR count). The normalized spacial score (nSPS) is 32.2. The third kappa shape index (κ3) is 4.18. The van der Waals surface area contributed by atoms with E-state index in [-0.39, 0.29) is 0 Å². The molecule has 0 radical (unpaired) electrons. The summed E-state index contributed by atoms with van der Waals surface area (Å²) < 4.78 is 24.7. The van der Waals surface area contributed by atoms with Gasteiger partial charge in [-0.1, -0.05) is 20.3 Å². The minimum Gasteiger partial charge on any atom is -0.316 e. The lowest BCUT2D eigenvalue weighted by Gasteiger charge is -2.46. The van der Waals surface area contributed by atoms with E-state index in [2.05, 4.69) is 31.1 Å². The van der Waals surface area contributed by atoms with Crippen LogP contribution in [0.5, 0.6) is 0 Å². The van der Waals surface area contributed by atoms with Gasteiger partial charge < -0.3 is 10.2 Å². The molecule has 0 aromatic carbocycles. The van der Waals surface area contributed by atoms with Crippen molar-refractivity contribution in [1.29, 1.82) is 0 Å². The third-order valence-electron chi connectivity index (χ3n) is 5.31. The maximum absolute atomic E-state index is 11.6. The van der Waals surface area contributed by atoms with E-state index in [1.54, 1.807) is 4.31 Å². The summed E-state index contributed by atoms with van der Waals surface area (Å²) >= 11 is 0. The van der Waals surface area contributed by atoms with E-state index in [1.807, 2.05) is 0 Å². The summed E-state index contributed by atoms with van der Waals surface area (Å²) in [4.78, 5) is 2.44. The lowest BCUT2D eigenvalue weighted by molar-refractivity contribution is 0.0724. The molecule has 6 heteroatoms. The molecule has 0 aromatic rings. The van der Waals surface area contributed by atoms with Crippen molar-refractivity contribution in [2.45, 2.75) is 39.2 Å². The SMILES string of the molecule is CNC1C(CN2CCN(S(C)(=O)=O)CC2)CCCC1(C)C. The molecule has 1 saturated heterocycles. The standard InChI is InChI=1S/C15H31N3O2S/c1-15(2)7-5-6-13(14(15)16-3)12-17-8-10-18(11-9-17)21(4,19)20/h13-14,16H,5-12H2,1-4H3. The average Bonchev–Trinajstić information content (AvgIpc) is 2.37. The topological polar surface area (TPSA) is 52.6 Å². The average molecular weight is 317 g/mol. The minimum atomic E-state index is -3.02. The first kappa shape index (κ1) is 17.2. The van der Waals surface area contributed by atoms with Crippen LogP contribution in [-0.4, -0.2) is 69.7 Å². The molecule has 2 atom stereocenters. The molecule has 124 valence electrons. The molecule has 2 fully saturated rings. The van der Waals surface area contributed by atoms with Crippen LogP contribution >= 0.6 is 0 Å². The van der Waals surface area contributed by atoms with E-state index in [9.17, 15) is 8.42 Å². The van der Waals surface area contributed by atoms with Crippen molar-refractivity contribution < 1.29 is 8.42 Å². The lowest BCUT2D eigenvalue weighted by atomic mass is 9.68. The van der Waals surface area contributed by atoms with Crippen LogP contribution in [0.4, 0.5) is 0 Å². The van der Waals surface area contributed by atoms with Crippen LogP contribution in [0.15, 0.2) is 0 Å². The second-order valence-electron chi connectivity index (χ2n) is 7.37. The molecular formula is C15H31N3O2S. The van der Waals surface area contributed by atoms with Crippen LogP contribution in [0, 0.1) is 11.3 Å². The third-order valence-corrected chi connectivity index (χ3v) is 6.62. The first-order valence-electron chi connectivity index (χ1n) is 8.09. The zero-order valence-electron chi connectivity index (χ0n) is 13.9. The lowest BCUT2D eigenvalue weighted by Crippen LogP contribution is -2.54. The van der Waals surface area contributed by atoms with Gasteiger partial charge in [0, 0.05) is 38.8 Å². The zero-order chi connectivity index (χ0) is 15.7. The zero-order valence-corrected chi connectivity index (χ0v) is 14.7. The van der Waals surface area contributed by atoms with Gasteiger partial charge in [-0.05, 0) is 31.2 Å². The van der Waals surface area contributed by atoms with Gasteiger partial charge in [0.05, 0.1) is 6.26 Å². The molecule has 0 amide bonds. The van der Waals surface area contributed by atoms with Gasteiger partial charge in [-0.15, -0.1) is 0 Å². The number of hydrogen-bond donors (Lipinski definition) is 1. The summed E-state index contributed by atoms with van der Waals surface area (Å²) in [7, 11) is -0.946. The highest BCUT2D eigenvalue weighted by atomic mass is 32.2. The van der Waals surface area contributed by atoms with Gasteiger partial charge in [0.1, 0.15) is 0 Å². The van der Waals surface area contributed by atoms with Gasteiger partial charge in [-0.3, -0.25) is 0 Å². The maximum Gasteiger partial charge on any atom is 0.211 e. The molecule has 0 spiro atoms. The van der Waals surface area contributed by atoms with Gasteiger partial charge in [0.25, 0.3) is 0 Å². The molecule has 21 heavy (non-hydrogen) atoms. The highest BCUT2D eigenvalue weighted by molar-refractivity contribution is 7.88. The quantitative estimate of drug-likeness (QED) is 0.840. The summed E-state index contributed by atoms with van der Waals surface area (Å²) in [5.41, 5.74) is 0.353. The van der Waals surface area contributed by atoms with Gasteiger partial charge in [-0.2, -0.15) is 4.31 Å². The van der Waals surface area contributed by atoms with Crippen molar-refractivity contribution in [2.24, 2.45) is 11.3 Å². The van der Waals surface area contributed by atoms with E-state index in [4.69, 9.17) is 0 Å². The van der Waals surface area contributed by atoms with E-state index >= 15 is 0 Å². The number of nitrogens with one attached hydrogen (secondary N) is 1. The summed E-state index contributed by atoms with van der Waals surface area (Å²) in [6, 6.07) is 0.555. The van der Waals surface area contributed by atoms with Crippen molar-refractivity contribution >= 4 is 10.0 Å². The Bertz CT molecular complexity index is 442. The molecule has 0 aromatic heterocycles. The molecule has 1 N–H and O–H groups in total. The Labute approximate surface area is 130 Å². The van der Waals surface area contributed by atoms with Crippen LogP contribution in [0.3, 0.4) is 0 Å². The molecular weight excluding hydrogens is 286 g/mol. The van der Waals surface area contributed by atoms with Crippen molar-refractivity contribution in [3.8, 4) is 0 Å². The Morgan fingerprint density at radius 1 is 1.19 bits per heavy atom. The van der Waals surface area contributed by atoms with Gasteiger partial charge in [0.2, 0.25) is 10.0 Å². The van der Waals surface area contributed by atoms with Gasteiger partial charge >= 0.3 is 0 Å². The Morgan fingerprint density at radius 2 is 1.81 bits per heavy atom. The predicted molar refractivity (Wildman–Crippen MR) is 86.8 cm³/mol. The summed E-state index contributed by atoms with van der Waals surface area (Å²) in [5.74, 6) is 0.670. The number of hydrogen-bond acceptors (Lipinski definition) is 4. The molecule has 1 aliphatic carbocycles. The maximum atomic E-state index is 11.6. The molecule has 1 aliphatic heterocycles. The molecule has 2 aliphatic rings. The van der Waals surface area contributed by atoms with Crippen LogP contribution in [0.1, 0.15) is 33.1 Å². The highest BCUT2D eigenvalue weighted by Crippen LogP contribution is 2.39. The van der Waals surface area contributed by atoms with Crippen LogP contribution in [0.25, 0.3) is 0 Å². The van der Waals surface area contributed by atoms with Crippen LogP contribution in [0.2, 0.25) is 0 Å².